The number of thiazole rings is 1. The molecule has 1 heterocycles. The number of nitrogens with zero attached hydrogens (tertiary/aromatic N) is 2. The SMILES string of the molecule is O=C(CBr)Nc1nc2c(s1)CCc1ccc([N+](=O)[O-])cc1-2. The number of hydrogen-bond acceptors (Lipinski definition) is 5. The van der Waals surface area contributed by atoms with Crippen LogP contribution in [0.25, 0.3) is 11.3 Å². The van der Waals surface area contributed by atoms with Gasteiger partial charge in [0.15, 0.2) is 5.13 Å². The number of aromatic nitrogens is 1. The van der Waals surface area contributed by atoms with Gasteiger partial charge >= 0.3 is 0 Å². The van der Waals surface area contributed by atoms with Gasteiger partial charge in [0, 0.05) is 22.6 Å². The Morgan fingerprint density at radius 2 is 2.29 bits per heavy atom. The van der Waals surface area contributed by atoms with Gasteiger partial charge in [-0.15, -0.1) is 11.3 Å². The molecular weight excluding hydrogens is 358 g/mol. The van der Waals surface area contributed by atoms with E-state index in [2.05, 4.69) is 26.2 Å². The molecular formula is C13H10BrN3O3S. The lowest BCUT2D eigenvalue weighted by molar-refractivity contribution is -0.384. The number of carbonyl (C=O) groups is 1. The number of nitro groups is 1. The molecule has 0 aliphatic heterocycles. The minimum atomic E-state index is -0.408. The maximum atomic E-state index is 11.4. The summed E-state index contributed by atoms with van der Waals surface area (Å²) in [5, 5.41) is 14.4. The molecule has 6 nitrogen and oxygen atoms in total. The lowest BCUT2D eigenvalue weighted by Crippen LogP contribution is -2.11. The van der Waals surface area contributed by atoms with Crippen molar-refractivity contribution in [2.24, 2.45) is 0 Å². The predicted molar refractivity (Wildman–Crippen MR) is 84.0 cm³/mol. The molecule has 0 spiro atoms. The summed E-state index contributed by atoms with van der Waals surface area (Å²) in [6.07, 6.45) is 1.66. The van der Waals surface area contributed by atoms with E-state index in [4.69, 9.17) is 0 Å². The first-order valence-corrected chi connectivity index (χ1v) is 8.15. The van der Waals surface area contributed by atoms with Crippen molar-refractivity contribution in [2.75, 3.05) is 10.6 Å². The molecule has 0 atom stereocenters. The quantitative estimate of drug-likeness (QED) is 0.512. The standard InChI is InChI=1S/C13H10BrN3O3S/c14-6-11(18)15-13-16-12-9-5-8(17(19)20)3-1-7(9)2-4-10(12)21-13/h1,3,5H,2,4,6H2,(H,15,16,18). The molecule has 21 heavy (non-hydrogen) atoms. The van der Waals surface area contributed by atoms with Gasteiger partial charge < -0.3 is 5.32 Å². The number of halogens is 1. The van der Waals surface area contributed by atoms with Crippen LogP contribution in [0.2, 0.25) is 0 Å². The van der Waals surface area contributed by atoms with E-state index in [0.29, 0.717) is 5.13 Å². The van der Waals surface area contributed by atoms with Crippen LogP contribution >= 0.6 is 27.3 Å². The molecule has 2 aromatic rings. The Kier molecular flexibility index (Phi) is 3.73. The maximum Gasteiger partial charge on any atom is 0.270 e. The highest BCUT2D eigenvalue weighted by molar-refractivity contribution is 9.09. The third kappa shape index (κ3) is 2.68. The minimum Gasteiger partial charge on any atom is -0.301 e. The molecule has 0 unspecified atom stereocenters. The van der Waals surface area contributed by atoms with E-state index in [9.17, 15) is 14.9 Å². The third-order valence-corrected chi connectivity index (χ3v) is 4.79. The van der Waals surface area contributed by atoms with E-state index in [1.165, 1.54) is 17.4 Å². The van der Waals surface area contributed by atoms with Gasteiger partial charge in [0.2, 0.25) is 5.91 Å². The van der Waals surface area contributed by atoms with Crippen molar-refractivity contribution in [3.05, 3.63) is 38.8 Å². The summed E-state index contributed by atoms with van der Waals surface area (Å²) in [6.45, 7) is 0. The van der Waals surface area contributed by atoms with Crippen LogP contribution in [0.5, 0.6) is 0 Å². The summed E-state index contributed by atoms with van der Waals surface area (Å²) in [7, 11) is 0. The van der Waals surface area contributed by atoms with Crippen molar-refractivity contribution in [3.63, 3.8) is 0 Å². The summed E-state index contributed by atoms with van der Waals surface area (Å²) < 4.78 is 0. The summed E-state index contributed by atoms with van der Waals surface area (Å²) in [5.41, 5.74) is 2.65. The summed E-state index contributed by atoms with van der Waals surface area (Å²) in [6, 6.07) is 4.86. The number of alkyl halides is 1. The van der Waals surface area contributed by atoms with Crippen molar-refractivity contribution in [1.29, 1.82) is 0 Å². The number of non-ortho nitro benzene ring substituents is 1. The fourth-order valence-corrected chi connectivity index (χ4v) is 3.43. The molecule has 0 bridgehead atoms. The molecule has 1 aromatic heterocycles. The van der Waals surface area contributed by atoms with Gasteiger partial charge in [-0.05, 0) is 18.4 Å². The molecule has 0 radical (unpaired) electrons. The van der Waals surface area contributed by atoms with Crippen LogP contribution < -0.4 is 5.32 Å². The smallest absolute Gasteiger partial charge is 0.270 e. The molecule has 1 aliphatic carbocycles. The first-order chi connectivity index (χ1) is 10.1. The number of amides is 1. The van der Waals surface area contributed by atoms with Gasteiger partial charge in [-0.25, -0.2) is 4.98 Å². The molecule has 108 valence electrons. The van der Waals surface area contributed by atoms with E-state index in [1.807, 2.05) is 0 Å². The number of rotatable bonds is 3. The van der Waals surface area contributed by atoms with Crippen molar-refractivity contribution in [1.82, 2.24) is 4.98 Å². The Morgan fingerprint density at radius 3 is 3.00 bits per heavy atom. The second kappa shape index (κ2) is 5.53. The number of carbonyl (C=O) groups excluding carboxylic acids is 1. The Hall–Kier alpha value is -1.80. The van der Waals surface area contributed by atoms with Gasteiger partial charge in [0.05, 0.1) is 15.9 Å². The first kappa shape index (κ1) is 14.2. The Labute approximate surface area is 132 Å². The van der Waals surface area contributed by atoms with E-state index in [-0.39, 0.29) is 16.9 Å². The number of nitrogens with one attached hydrogen (secondary N) is 1. The monoisotopic (exact) mass is 367 g/mol. The van der Waals surface area contributed by atoms with Crippen LogP contribution in [0.15, 0.2) is 18.2 Å². The molecule has 0 fully saturated rings. The minimum absolute atomic E-state index is 0.0562. The molecule has 1 aliphatic rings. The lowest BCUT2D eigenvalue weighted by atomic mass is 9.93. The first-order valence-electron chi connectivity index (χ1n) is 6.21. The molecule has 0 saturated carbocycles. The largest absolute Gasteiger partial charge is 0.301 e. The van der Waals surface area contributed by atoms with Crippen LogP contribution in [0.3, 0.4) is 0 Å². The average molecular weight is 368 g/mol. The summed E-state index contributed by atoms with van der Waals surface area (Å²) in [5.74, 6) is -0.166. The van der Waals surface area contributed by atoms with Crippen LogP contribution in [0, 0.1) is 10.1 Å². The van der Waals surface area contributed by atoms with E-state index in [1.54, 1.807) is 12.1 Å². The number of nitro benzene ring substituents is 1. The molecule has 0 saturated heterocycles. The van der Waals surface area contributed by atoms with Crippen molar-refractivity contribution in [2.45, 2.75) is 12.8 Å². The third-order valence-electron chi connectivity index (χ3n) is 3.25. The van der Waals surface area contributed by atoms with Crippen molar-refractivity contribution in [3.8, 4) is 11.3 Å². The van der Waals surface area contributed by atoms with Crippen LogP contribution in [0.4, 0.5) is 10.8 Å². The molecule has 1 N–H and O–H groups in total. The Balaban J connectivity index is 2.03. The molecule has 1 amide bonds. The van der Waals surface area contributed by atoms with E-state index < -0.39 is 4.92 Å². The fraction of sp³-hybridized carbons (Fsp3) is 0.231. The second-order valence-electron chi connectivity index (χ2n) is 4.57. The zero-order valence-corrected chi connectivity index (χ0v) is 13.2. The topological polar surface area (TPSA) is 85.1 Å². The lowest BCUT2D eigenvalue weighted by Gasteiger charge is -2.14. The number of aryl methyl sites for hydroxylation is 2. The molecule has 8 heteroatoms. The van der Waals surface area contributed by atoms with Crippen LogP contribution in [-0.2, 0) is 17.6 Å². The highest BCUT2D eigenvalue weighted by Crippen LogP contribution is 2.39. The highest BCUT2D eigenvalue weighted by Gasteiger charge is 2.23. The number of hydrogen-bond donors (Lipinski definition) is 1. The van der Waals surface area contributed by atoms with Crippen LogP contribution in [0.1, 0.15) is 10.4 Å². The van der Waals surface area contributed by atoms with Crippen molar-refractivity contribution < 1.29 is 9.72 Å². The Bertz CT molecular complexity index is 744. The zero-order valence-electron chi connectivity index (χ0n) is 10.8. The normalized spacial score (nSPS) is 12.4. The van der Waals surface area contributed by atoms with Gasteiger partial charge in [-0.2, -0.15) is 0 Å². The second-order valence-corrected chi connectivity index (χ2v) is 6.22. The molecule has 3 rings (SSSR count). The maximum absolute atomic E-state index is 11.4. The number of fused-ring (bicyclic) bond motifs is 3. The zero-order chi connectivity index (χ0) is 15.0. The number of anilines is 1. The van der Waals surface area contributed by atoms with Gasteiger partial charge in [-0.1, -0.05) is 22.0 Å². The summed E-state index contributed by atoms with van der Waals surface area (Å²) in [4.78, 5) is 27.4. The van der Waals surface area contributed by atoms with Crippen molar-refractivity contribution >= 4 is 44.0 Å². The van der Waals surface area contributed by atoms with Gasteiger partial charge in [0.1, 0.15) is 0 Å². The average Bonchev–Trinajstić information content (AvgIpc) is 2.89. The van der Waals surface area contributed by atoms with E-state index >= 15 is 0 Å². The highest BCUT2D eigenvalue weighted by atomic mass is 79.9. The van der Waals surface area contributed by atoms with Crippen LogP contribution in [-0.4, -0.2) is 21.1 Å². The van der Waals surface area contributed by atoms with Gasteiger partial charge in [0.25, 0.3) is 5.69 Å². The summed E-state index contributed by atoms with van der Waals surface area (Å²) >= 11 is 4.51. The van der Waals surface area contributed by atoms with Gasteiger partial charge in [-0.3, -0.25) is 14.9 Å². The van der Waals surface area contributed by atoms with E-state index in [0.717, 1.165) is 34.5 Å². The Morgan fingerprint density at radius 1 is 1.48 bits per heavy atom. The number of benzene rings is 1. The molecule has 1 aromatic carbocycles. The fourth-order valence-electron chi connectivity index (χ4n) is 2.30. The predicted octanol–water partition coefficient (Wildman–Crippen LogP) is 3.15.